The van der Waals surface area contributed by atoms with Crippen LogP contribution in [0.5, 0.6) is 0 Å². The van der Waals surface area contributed by atoms with Crippen LogP contribution in [0.2, 0.25) is 0 Å². The molecule has 19 heavy (non-hydrogen) atoms. The van der Waals surface area contributed by atoms with Gasteiger partial charge in [-0.05, 0) is 6.92 Å². The molecule has 1 fully saturated rings. The van der Waals surface area contributed by atoms with Crippen molar-refractivity contribution in [2.24, 2.45) is 5.84 Å². The summed E-state index contributed by atoms with van der Waals surface area (Å²) >= 11 is 4.07. The molecule has 2 heterocycles. The van der Waals surface area contributed by atoms with E-state index in [1.807, 2.05) is 37.4 Å². The van der Waals surface area contributed by atoms with Crippen molar-refractivity contribution in [3.8, 4) is 0 Å². The molecule has 0 spiro atoms. The molecule has 1 saturated heterocycles. The minimum absolute atomic E-state index is 0.660. The van der Waals surface area contributed by atoms with Gasteiger partial charge in [-0.25, -0.2) is 15.8 Å². The number of rotatable bonds is 5. The number of thioether (sulfide) groups is 2. The van der Waals surface area contributed by atoms with Crippen LogP contribution in [0.25, 0.3) is 0 Å². The highest BCUT2D eigenvalue weighted by atomic mass is 32.2. The maximum Gasteiger partial charge on any atom is 0.148 e. The number of nitrogen functional groups attached to an aromatic ring is 1. The molecule has 0 aliphatic carbocycles. The van der Waals surface area contributed by atoms with Crippen LogP contribution in [-0.4, -0.2) is 39.0 Å². The molecule has 106 valence electrons. The third-order valence-electron chi connectivity index (χ3n) is 3.03. The Morgan fingerprint density at radius 1 is 1.32 bits per heavy atom. The Kier molecular flexibility index (Phi) is 5.59. The third-order valence-corrected chi connectivity index (χ3v) is 5.87. The SMILES string of the molecule is CCc1nc(NN)c(C)c(NCC2CSCCS2)n1. The van der Waals surface area contributed by atoms with Crippen LogP contribution in [-0.2, 0) is 6.42 Å². The predicted molar refractivity (Wildman–Crippen MR) is 86.0 cm³/mol. The van der Waals surface area contributed by atoms with E-state index in [0.717, 1.165) is 30.2 Å². The summed E-state index contributed by atoms with van der Waals surface area (Å²) in [5.41, 5.74) is 3.63. The molecule has 1 aromatic rings. The number of aryl methyl sites for hydroxylation is 1. The smallest absolute Gasteiger partial charge is 0.148 e. The average molecular weight is 299 g/mol. The lowest BCUT2D eigenvalue weighted by Crippen LogP contribution is -2.24. The average Bonchev–Trinajstić information content (AvgIpc) is 2.47. The van der Waals surface area contributed by atoms with E-state index in [-0.39, 0.29) is 0 Å². The Balaban J connectivity index is 2.05. The standard InChI is InChI=1S/C12H21N5S2/c1-3-10-15-11(8(2)12(16-10)17-13)14-6-9-7-18-4-5-19-9/h9H,3-7,13H2,1-2H3,(H2,14,15,16,17). The first-order chi connectivity index (χ1) is 9.24. The molecule has 7 heteroatoms. The predicted octanol–water partition coefficient (Wildman–Crippen LogP) is 1.89. The van der Waals surface area contributed by atoms with Crippen molar-refractivity contribution in [2.45, 2.75) is 25.5 Å². The summed E-state index contributed by atoms with van der Waals surface area (Å²) in [7, 11) is 0. The zero-order chi connectivity index (χ0) is 13.7. The second-order valence-corrected chi connectivity index (χ2v) is 6.97. The molecule has 4 N–H and O–H groups in total. The normalized spacial score (nSPS) is 19.2. The molecule has 1 aliphatic rings. The van der Waals surface area contributed by atoms with Crippen molar-refractivity contribution in [3.05, 3.63) is 11.4 Å². The number of hydrazine groups is 1. The fraction of sp³-hybridized carbons (Fsp3) is 0.667. The molecule has 0 bridgehead atoms. The zero-order valence-corrected chi connectivity index (χ0v) is 13.0. The van der Waals surface area contributed by atoms with Crippen LogP contribution in [0.15, 0.2) is 0 Å². The van der Waals surface area contributed by atoms with E-state index in [1.165, 1.54) is 17.3 Å². The van der Waals surface area contributed by atoms with Gasteiger partial charge in [-0.2, -0.15) is 23.5 Å². The fourth-order valence-corrected chi connectivity index (χ4v) is 4.51. The first kappa shape index (κ1) is 14.7. The van der Waals surface area contributed by atoms with Gasteiger partial charge in [0, 0.05) is 41.0 Å². The summed E-state index contributed by atoms with van der Waals surface area (Å²) in [5.74, 6) is 11.7. The van der Waals surface area contributed by atoms with E-state index in [4.69, 9.17) is 5.84 Å². The second-order valence-electron chi connectivity index (χ2n) is 4.41. The Labute approximate surface area is 122 Å². The van der Waals surface area contributed by atoms with Crippen LogP contribution in [0.4, 0.5) is 11.6 Å². The molecule has 0 radical (unpaired) electrons. The van der Waals surface area contributed by atoms with Crippen LogP contribution >= 0.6 is 23.5 Å². The van der Waals surface area contributed by atoms with Gasteiger partial charge in [0.05, 0.1) is 0 Å². The van der Waals surface area contributed by atoms with Crippen LogP contribution in [0.1, 0.15) is 18.3 Å². The summed E-state index contributed by atoms with van der Waals surface area (Å²) in [6, 6.07) is 0. The molecule has 1 unspecified atom stereocenters. The van der Waals surface area contributed by atoms with E-state index in [2.05, 4.69) is 20.7 Å². The van der Waals surface area contributed by atoms with E-state index >= 15 is 0 Å². The van der Waals surface area contributed by atoms with Gasteiger partial charge < -0.3 is 10.7 Å². The quantitative estimate of drug-likeness (QED) is 0.566. The van der Waals surface area contributed by atoms with E-state index in [1.54, 1.807) is 0 Å². The Hall–Kier alpha value is -0.660. The summed E-state index contributed by atoms with van der Waals surface area (Å²) in [6.07, 6.45) is 0.803. The summed E-state index contributed by atoms with van der Waals surface area (Å²) < 4.78 is 0. The lowest BCUT2D eigenvalue weighted by Gasteiger charge is -2.22. The molecule has 2 rings (SSSR count). The number of hydrogen-bond acceptors (Lipinski definition) is 7. The van der Waals surface area contributed by atoms with Crippen molar-refractivity contribution in [2.75, 3.05) is 34.5 Å². The molecule has 1 aliphatic heterocycles. The molecule has 0 saturated carbocycles. The third kappa shape index (κ3) is 3.90. The molecular formula is C12H21N5S2. The van der Waals surface area contributed by atoms with Gasteiger partial charge in [-0.1, -0.05) is 6.92 Å². The van der Waals surface area contributed by atoms with E-state index in [0.29, 0.717) is 11.1 Å². The molecule has 5 nitrogen and oxygen atoms in total. The molecule has 1 aromatic heterocycles. The summed E-state index contributed by atoms with van der Waals surface area (Å²) in [6.45, 7) is 4.98. The Morgan fingerprint density at radius 3 is 2.74 bits per heavy atom. The zero-order valence-electron chi connectivity index (χ0n) is 11.4. The topological polar surface area (TPSA) is 75.9 Å². The second kappa shape index (κ2) is 7.21. The van der Waals surface area contributed by atoms with Gasteiger partial charge in [0.1, 0.15) is 17.5 Å². The van der Waals surface area contributed by atoms with E-state index < -0.39 is 0 Å². The lowest BCUT2D eigenvalue weighted by atomic mass is 10.3. The maximum atomic E-state index is 5.51. The highest BCUT2D eigenvalue weighted by Crippen LogP contribution is 2.25. The Bertz CT molecular complexity index is 421. The number of anilines is 2. The highest BCUT2D eigenvalue weighted by Gasteiger charge is 2.15. The van der Waals surface area contributed by atoms with Crippen molar-refractivity contribution in [3.63, 3.8) is 0 Å². The molecule has 0 amide bonds. The highest BCUT2D eigenvalue weighted by molar-refractivity contribution is 8.06. The Morgan fingerprint density at radius 2 is 2.11 bits per heavy atom. The first-order valence-electron chi connectivity index (χ1n) is 6.52. The first-order valence-corrected chi connectivity index (χ1v) is 8.72. The molecule has 1 atom stereocenters. The van der Waals surface area contributed by atoms with Gasteiger partial charge in [0.25, 0.3) is 0 Å². The van der Waals surface area contributed by atoms with Crippen molar-refractivity contribution in [1.82, 2.24) is 9.97 Å². The summed E-state index contributed by atoms with van der Waals surface area (Å²) in [5, 5.41) is 4.11. The van der Waals surface area contributed by atoms with Gasteiger partial charge in [0.15, 0.2) is 0 Å². The van der Waals surface area contributed by atoms with Gasteiger partial charge >= 0.3 is 0 Å². The number of nitrogens with zero attached hydrogens (tertiary/aromatic N) is 2. The molecular weight excluding hydrogens is 278 g/mol. The summed E-state index contributed by atoms with van der Waals surface area (Å²) in [4.78, 5) is 8.92. The van der Waals surface area contributed by atoms with Crippen molar-refractivity contribution in [1.29, 1.82) is 0 Å². The number of nitrogens with two attached hydrogens (primary N) is 1. The van der Waals surface area contributed by atoms with Crippen LogP contribution in [0.3, 0.4) is 0 Å². The fourth-order valence-electron chi connectivity index (χ4n) is 1.90. The number of hydrogen-bond donors (Lipinski definition) is 3. The van der Waals surface area contributed by atoms with E-state index in [9.17, 15) is 0 Å². The number of aromatic nitrogens is 2. The van der Waals surface area contributed by atoms with Gasteiger partial charge in [-0.15, -0.1) is 0 Å². The monoisotopic (exact) mass is 299 g/mol. The lowest BCUT2D eigenvalue weighted by molar-refractivity contribution is 0.912. The minimum Gasteiger partial charge on any atom is -0.369 e. The van der Waals surface area contributed by atoms with Gasteiger partial charge in [-0.3, -0.25) is 0 Å². The van der Waals surface area contributed by atoms with Crippen molar-refractivity contribution >= 4 is 35.2 Å². The largest absolute Gasteiger partial charge is 0.369 e. The minimum atomic E-state index is 0.660. The number of nitrogens with one attached hydrogen (secondary N) is 2. The van der Waals surface area contributed by atoms with Crippen molar-refractivity contribution < 1.29 is 0 Å². The van der Waals surface area contributed by atoms with Gasteiger partial charge in [0.2, 0.25) is 0 Å². The van der Waals surface area contributed by atoms with Crippen LogP contribution < -0.4 is 16.6 Å². The maximum absolute atomic E-state index is 5.51. The molecule has 0 aromatic carbocycles. The van der Waals surface area contributed by atoms with Crippen LogP contribution in [0, 0.1) is 6.92 Å².